The smallest absolute Gasteiger partial charge is 0.226 e. The Balaban J connectivity index is 0.00000225. The van der Waals surface area contributed by atoms with E-state index in [4.69, 9.17) is 15.4 Å². The Morgan fingerprint density at radius 1 is 1.44 bits per heavy atom. The van der Waals surface area contributed by atoms with Gasteiger partial charge in [-0.1, -0.05) is 12.1 Å². The molecule has 16 heavy (non-hydrogen) atoms. The van der Waals surface area contributed by atoms with Crippen molar-refractivity contribution >= 4 is 12.4 Å². The summed E-state index contributed by atoms with van der Waals surface area (Å²) >= 11 is 0. The highest BCUT2D eigenvalue weighted by Crippen LogP contribution is 2.01. The van der Waals surface area contributed by atoms with Crippen LogP contribution in [-0.2, 0) is 13.0 Å². The maximum atomic E-state index is 8.85. The van der Waals surface area contributed by atoms with Gasteiger partial charge in [0.05, 0.1) is 13.2 Å². The van der Waals surface area contributed by atoms with E-state index in [1.807, 2.05) is 11.8 Å². The third-order valence-electron chi connectivity index (χ3n) is 2.04. The van der Waals surface area contributed by atoms with E-state index in [1.54, 1.807) is 0 Å². The first-order valence-electron chi connectivity index (χ1n) is 5.14. The molecule has 0 fully saturated rings. The van der Waals surface area contributed by atoms with Gasteiger partial charge in [0, 0.05) is 26.1 Å². The quantitative estimate of drug-likeness (QED) is 0.697. The number of aliphatic hydroxyl groups excluding tert-OH is 1. The minimum absolute atomic E-state index is 0. The molecule has 0 amide bonds. The van der Waals surface area contributed by atoms with Gasteiger partial charge in [0.2, 0.25) is 5.89 Å². The summed E-state index contributed by atoms with van der Waals surface area (Å²) in [5.74, 6) is 1.29. The zero-order valence-electron chi connectivity index (χ0n) is 9.43. The molecule has 0 aliphatic rings. The number of nitrogens with zero attached hydrogens (tertiary/aromatic N) is 3. The molecule has 0 bridgehead atoms. The van der Waals surface area contributed by atoms with Crippen LogP contribution in [0.5, 0.6) is 0 Å². The molecular formula is C9H19ClN4O2. The highest BCUT2D eigenvalue weighted by Gasteiger charge is 2.09. The molecular weight excluding hydrogens is 232 g/mol. The second-order valence-corrected chi connectivity index (χ2v) is 3.25. The monoisotopic (exact) mass is 250 g/mol. The molecule has 1 aromatic heterocycles. The lowest BCUT2D eigenvalue weighted by Gasteiger charge is -2.17. The van der Waals surface area contributed by atoms with Gasteiger partial charge in [-0.2, -0.15) is 4.98 Å². The number of aryl methyl sites for hydroxylation is 1. The van der Waals surface area contributed by atoms with Gasteiger partial charge < -0.3 is 15.4 Å². The molecule has 0 radical (unpaired) electrons. The molecule has 1 aromatic rings. The largest absolute Gasteiger partial charge is 0.395 e. The predicted octanol–water partition coefficient (Wildman–Crippen LogP) is -0.193. The van der Waals surface area contributed by atoms with Gasteiger partial charge in [0.15, 0.2) is 5.82 Å². The molecule has 0 atom stereocenters. The topological polar surface area (TPSA) is 88.4 Å². The maximum Gasteiger partial charge on any atom is 0.226 e. The van der Waals surface area contributed by atoms with Gasteiger partial charge in [0.25, 0.3) is 0 Å². The van der Waals surface area contributed by atoms with E-state index in [0.29, 0.717) is 31.3 Å². The normalized spacial score (nSPS) is 10.5. The van der Waals surface area contributed by atoms with Crippen LogP contribution in [0.25, 0.3) is 0 Å². The Labute approximate surface area is 101 Å². The van der Waals surface area contributed by atoms with Gasteiger partial charge >= 0.3 is 0 Å². The van der Waals surface area contributed by atoms with Crippen molar-refractivity contribution in [1.29, 1.82) is 0 Å². The molecule has 0 spiro atoms. The minimum Gasteiger partial charge on any atom is -0.395 e. The molecule has 3 N–H and O–H groups in total. The highest BCUT2D eigenvalue weighted by atomic mass is 35.5. The zero-order valence-corrected chi connectivity index (χ0v) is 10.2. The van der Waals surface area contributed by atoms with Crippen LogP contribution in [0.3, 0.4) is 0 Å². The van der Waals surface area contributed by atoms with Crippen molar-refractivity contribution in [2.24, 2.45) is 5.73 Å². The lowest BCUT2D eigenvalue weighted by atomic mass is 10.4. The van der Waals surface area contributed by atoms with E-state index in [1.165, 1.54) is 0 Å². The molecule has 0 aromatic carbocycles. The summed E-state index contributed by atoms with van der Waals surface area (Å²) < 4.78 is 4.99. The number of aromatic nitrogens is 2. The third kappa shape index (κ3) is 4.89. The van der Waals surface area contributed by atoms with Gasteiger partial charge in [-0.25, -0.2) is 0 Å². The summed E-state index contributed by atoms with van der Waals surface area (Å²) in [6.45, 7) is 4.49. The molecule has 0 unspecified atom stereocenters. The fraction of sp³-hybridized carbons (Fsp3) is 0.778. The van der Waals surface area contributed by atoms with Crippen LogP contribution in [-0.4, -0.2) is 46.4 Å². The van der Waals surface area contributed by atoms with E-state index < -0.39 is 0 Å². The molecule has 0 aliphatic carbocycles. The fourth-order valence-electron chi connectivity index (χ4n) is 1.29. The summed E-state index contributed by atoms with van der Waals surface area (Å²) in [7, 11) is 0. The zero-order chi connectivity index (χ0) is 11.1. The summed E-state index contributed by atoms with van der Waals surface area (Å²) in [4.78, 5) is 6.18. The number of rotatable bonds is 7. The second-order valence-electron chi connectivity index (χ2n) is 3.25. The Morgan fingerprint density at radius 3 is 2.69 bits per heavy atom. The van der Waals surface area contributed by atoms with Crippen molar-refractivity contribution in [3.05, 3.63) is 11.7 Å². The molecule has 1 rings (SSSR count). The van der Waals surface area contributed by atoms with Crippen LogP contribution < -0.4 is 5.73 Å². The molecule has 6 nitrogen and oxygen atoms in total. The van der Waals surface area contributed by atoms with Crippen LogP contribution >= 0.6 is 12.4 Å². The summed E-state index contributed by atoms with van der Waals surface area (Å²) in [6, 6.07) is 0. The van der Waals surface area contributed by atoms with Crippen LogP contribution in [0.1, 0.15) is 18.6 Å². The number of nitrogens with two attached hydrogens (primary N) is 1. The third-order valence-corrected chi connectivity index (χ3v) is 2.04. The second kappa shape index (κ2) is 8.46. The number of halogens is 1. The van der Waals surface area contributed by atoms with E-state index >= 15 is 0 Å². The Kier molecular flexibility index (Phi) is 8.10. The van der Waals surface area contributed by atoms with Crippen molar-refractivity contribution in [1.82, 2.24) is 15.0 Å². The van der Waals surface area contributed by atoms with Gasteiger partial charge in [-0.15, -0.1) is 12.4 Å². The Bertz CT molecular complexity index is 276. The molecule has 94 valence electrons. The maximum absolute atomic E-state index is 8.85. The molecule has 7 heteroatoms. The van der Waals surface area contributed by atoms with Crippen LogP contribution in [0.2, 0.25) is 0 Å². The Hall–Kier alpha value is -0.690. The molecule has 1 heterocycles. The fourth-order valence-corrected chi connectivity index (χ4v) is 1.29. The molecule has 0 saturated carbocycles. The Morgan fingerprint density at radius 2 is 2.19 bits per heavy atom. The van der Waals surface area contributed by atoms with Crippen LogP contribution in [0.15, 0.2) is 4.52 Å². The predicted molar refractivity (Wildman–Crippen MR) is 62.3 cm³/mol. The first-order chi connectivity index (χ1) is 7.30. The van der Waals surface area contributed by atoms with E-state index in [-0.39, 0.29) is 19.0 Å². The van der Waals surface area contributed by atoms with Crippen molar-refractivity contribution in [3.8, 4) is 0 Å². The minimum atomic E-state index is 0. The number of hydrogen-bond acceptors (Lipinski definition) is 6. The summed E-state index contributed by atoms with van der Waals surface area (Å²) in [6.07, 6.45) is 0.740. The average molecular weight is 251 g/mol. The number of aliphatic hydroxyl groups is 1. The highest BCUT2D eigenvalue weighted by molar-refractivity contribution is 5.85. The van der Waals surface area contributed by atoms with Crippen molar-refractivity contribution in [2.45, 2.75) is 19.9 Å². The van der Waals surface area contributed by atoms with E-state index in [0.717, 1.165) is 13.0 Å². The van der Waals surface area contributed by atoms with Crippen molar-refractivity contribution in [2.75, 3.05) is 26.2 Å². The van der Waals surface area contributed by atoms with Crippen LogP contribution in [0, 0.1) is 0 Å². The van der Waals surface area contributed by atoms with Gasteiger partial charge in [-0.05, 0) is 0 Å². The molecule has 0 saturated heterocycles. The first kappa shape index (κ1) is 15.3. The SMILES string of the molecule is CCc1nc(CN(CCN)CCO)no1.Cl. The van der Waals surface area contributed by atoms with E-state index in [9.17, 15) is 0 Å². The average Bonchev–Trinajstić information content (AvgIpc) is 2.66. The van der Waals surface area contributed by atoms with Gasteiger partial charge in [-0.3, -0.25) is 4.90 Å². The lowest BCUT2D eigenvalue weighted by Crippen LogP contribution is -2.31. The standard InChI is InChI=1S/C9H18N4O2.ClH/c1-2-9-11-8(12-15-9)7-13(4-3-10)5-6-14;/h14H,2-7,10H2,1H3;1H. The van der Waals surface area contributed by atoms with Crippen molar-refractivity contribution < 1.29 is 9.63 Å². The van der Waals surface area contributed by atoms with E-state index in [2.05, 4.69) is 10.1 Å². The summed E-state index contributed by atoms with van der Waals surface area (Å²) in [5.41, 5.74) is 5.46. The lowest BCUT2D eigenvalue weighted by molar-refractivity contribution is 0.189. The first-order valence-corrected chi connectivity index (χ1v) is 5.14. The van der Waals surface area contributed by atoms with Gasteiger partial charge in [0.1, 0.15) is 0 Å². The van der Waals surface area contributed by atoms with Crippen molar-refractivity contribution in [3.63, 3.8) is 0 Å². The molecule has 0 aliphatic heterocycles. The van der Waals surface area contributed by atoms with Crippen LogP contribution in [0.4, 0.5) is 0 Å². The number of hydrogen-bond donors (Lipinski definition) is 2. The summed E-state index contributed by atoms with van der Waals surface area (Å²) in [5, 5.41) is 12.7.